The van der Waals surface area contributed by atoms with Crippen LogP contribution in [-0.4, -0.2) is 78.7 Å². The average molecular weight is 997 g/mol. The van der Waals surface area contributed by atoms with Crippen LogP contribution in [0.3, 0.4) is 0 Å². The minimum Gasteiger partial charge on any atom is -0.488 e. The van der Waals surface area contributed by atoms with Crippen molar-refractivity contribution in [2.24, 2.45) is 0 Å². The third-order valence-electron chi connectivity index (χ3n) is 9.31. The van der Waals surface area contributed by atoms with Gasteiger partial charge in [0.15, 0.2) is 23.0 Å². The molecular weight excluding hydrogens is 937 g/mol. The van der Waals surface area contributed by atoms with Gasteiger partial charge in [0.25, 0.3) is 0 Å². The van der Waals surface area contributed by atoms with E-state index in [9.17, 15) is 19.2 Å². The molecule has 0 amide bonds. The van der Waals surface area contributed by atoms with Crippen LogP contribution in [0.15, 0.2) is 28.1 Å². The molecule has 2 aliphatic heterocycles. The van der Waals surface area contributed by atoms with Crippen molar-refractivity contribution in [1.82, 2.24) is 0 Å². The van der Waals surface area contributed by atoms with Crippen LogP contribution < -0.4 is 18.9 Å². The van der Waals surface area contributed by atoms with Crippen molar-refractivity contribution in [1.29, 1.82) is 0 Å². The number of ether oxygens (including phenoxy) is 8. The van der Waals surface area contributed by atoms with Crippen molar-refractivity contribution in [3.8, 4) is 23.0 Å². The molecule has 0 radical (unpaired) electrons. The minimum atomic E-state index is -0.617. The normalized spacial score (nSPS) is 13.8. The van der Waals surface area contributed by atoms with Crippen molar-refractivity contribution in [3.05, 3.63) is 47.6 Å². The van der Waals surface area contributed by atoms with E-state index in [2.05, 4.69) is 27.7 Å². The molecule has 0 saturated heterocycles. The molecule has 4 heterocycles. The molecule has 0 bridgehead atoms. The molecule has 352 valence electrons. The van der Waals surface area contributed by atoms with E-state index in [4.69, 9.17) is 37.9 Å². The van der Waals surface area contributed by atoms with Gasteiger partial charge in [-0.1, -0.05) is 126 Å². The van der Waals surface area contributed by atoms with Crippen LogP contribution in [0.4, 0.5) is 0 Å². The first-order chi connectivity index (χ1) is 31.1. The summed E-state index contributed by atoms with van der Waals surface area (Å²) in [5.74, 6) is -0.0620. The summed E-state index contributed by atoms with van der Waals surface area (Å²) >= 11 is 7.57. The highest BCUT2D eigenvalue weighted by Crippen LogP contribution is 2.55. The van der Waals surface area contributed by atoms with Gasteiger partial charge >= 0.3 is 23.9 Å². The standard InChI is InChI=1S/C46H60O12S6/c1-9-13-17-23-55-35-29(59-31(37(35)57-25-19-15-11-3)27-33-61-39(43(47)51-5)40(62-33)44(48)52-6)21-22-30-36(56-24-18-14-10-2)38(58-26-20-16-12-4)32(60-30)28-34-63-41(45(49)53-7)42(64-34)46(50)54-8/h21-22,27-28H,9-20,23-26H2,1-8H3/b22-21+. The average Bonchev–Trinajstić information content (AvgIpc) is 4.09. The Hall–Kier alpha value is -3.42. The van der Waals surface area contributed by atoms with E-state index in [-0.39, 0.29) is 19.6 Å². The Bertz CT molecular complexity index is 1870. The van der Waals surface area contributed by atoms with Gasteiger partial charge in [0.1, 0.15) is 19.6 Å². The fourth-order valence-corrected chi connectivity index (χ4v) is 13.0. The monoisotopic (exact) mass is 996 g/mol. The van der Waals surface area contributed by atoms with Gasteiger partial charge in [0.2, 0.25) is 0 Å². The van der Waals surface area contributed by atoms with Crippen LogP contribution in [0, 0.1) is 0 Å². The number of carbonyl (C=O) groups excluding carboxylic acids is 4. The lowest BCUT2D eigenvalue weighted by Crippen LogP contribution is -2.08. The molecule has 2 aliphatic rings. The van der Waals surface area contributed by atoms with E-state index < -0.39 is 23.9 Å². The van der Waals surface area contributed by atoms with Crippen molar-refractivity contribution in [2.45, 2.75) is 105 Å². The fourth-order valence-electron chi connectivity index (χ4n) is 5.95. The van der Waals surface area contributed by atoms with E-state index in [1.165, 1.54) is 51.1 Å². The van der Waals surface area contributed by atoms with E-state index in [1.54, 1.807) is 0 Å². The number of thioether (sulfide) groups is 4. The van der Waals surface area contributed by atoms with Crippen molar-refractivity contribution < 1.29 is 57.1 Å². The van der Waals surface area contributed by atoms with Gasteiger partial charge in [-0.3, -0.25) is 0 Å². The quantitative estimate of drug-likeness (QED) is 0.0453. The lowest BCUT2D eigenvalue weighted by Gasteiger charge is -2.12. The Balaban J connectivity index is 1.88. The summed E-state index contributed by atoms with van der Waals surface area (Å²) in [6.45, 7) is 10.5. The zero-order chi connectivity index (χ0) is 46.4. The topological polar surface area (TPSA) is 142 Å². The van der Waals surface area contributed by atoms with Gasteiger partial charge in [0.05, 0.1) is 82.8 Å². The number of hydrogen-bond donors (Lipinski definition) is 0. The van der Waals surface area contributed by atoms with Crippen molar-refractivity contribution in [2.75, 3.05) is 54.9 Å². The van der Waals surface area contributed by atoms with Crippen LogP contribution in [0.2, 0.25) is 0 Å². The van der Waals surface area contributed by atoms with Crippen LogP contribution in [-0.2, 0) is 38.1 Å². The molecule has 0 unspecified atom stereocenters. The second-order valence-corrected chi connectivity index (χ2v) is 21.0. The highest BCUT2D eigenvalue weighted by Gasteiger charge is 2.35. The van der Waals surface area contributed by atoms with E-state index >= 15 is 0 Å². The molecule has 0 atom stereocenters. The number of unbranched alkanes of at least 4 members (excludes halogenated alkanes) is 8. The molecule has 2 aromatic rings. The predicted octanol–water partition coefficient (Wildman–Crippen LogP) is 12.9. The van der Waals surface area contributed by atoms with Crippen LogP contribution >= 0.6 is 69.7 Å². The lowest BCUT2D eigenvalue weighted by atomic mass is 10.2. The van der Waals surface area contributed by atoms with Gasteiger partial charge in [-0.05, 0) is 50.0 Å². The molecule has 0 spiro atoms. The highest BCUT2D eigenvalue weighted by atomic mass is 32.2. The molecule has 2 aromatic heterocycles. The second kappa shape index (κ2) is 28.6. The molecule has 0 N–H and O–H groups in total. The molecule has 12 nitrogen and oxygen atoms in total. The summed E-state index contributed by atoms with van der Waals surface area (Å²) in [4.78, 5) is 54.8. The maximum atomic E-state index is 12.7. The van der Waals surface area contributed by atoms with Gasteiger partial charge in [-0.15, -0.1) is 22.7 Å². The summed E-state index contributed by atoms with van der Waals surface area (Å²) in [6.07, 6.45) is 19.4. The molecule has 0 saturated carbocycles. The Kier molecular flexibility index (Phi) is 23.8. The molecule has 4 rings (SSSR count). The molecule has 64 heavy (non-hydrogen) atoms. The SMILES string of the molecule is CCCCCOc1c(C=C2SC(C(=O)OC)=C(C(=O)OC)S2)sc(/C=C/c2sc(C=C3SC(C(=O)OC)=C(C(=O)OC)S3)c(OCCCCC)c2OCCCCC)c1OCCCCC. The van der Waals surface area contributed by atoms with Gasteiger partial charge in [-0.25, -0.2) is 19.2 Å². The summed E-state index contributed by atoms with van der Waals surface area (Å²) in [6, 6.07) is 0. The maximum absolute atomic E-state index is 12.7. The van der Waals surface area contributed by atoms with Crippen LogP contribution in [0.1, 0.15) is 124 Å². The Labute approximate surface area is 402 Å². The first-order valence-corrected chi connectivity index (χ1v) is 26.5. The number of rotatable bonds is 28. The Morgan fingerprint density at radius 3 is 0.875 bits per heavy atom. The van der Waals surface area contributed by atoms with Crippen LogP contribution in [0.5, 0.6) is 23.0 Å². The lowest BCUT2D eigenvalue weighted by molar-refractivity contribution is -0.138. The summed E-state index contributed by atoms with van der Waals surface area (Å²) < 4.78 is 47.7. The fraction of sp³-hybridized carbons (Fsp3) is 0.522. The number of hydrogen-bond acceptors (Lipinski definition) is 18. The third kappa shape index (κ3) is 15.1. The zero-order valence-electron chi connectivity index (χ0n) is 38.0. The van der Waals surface area contributed by atoms with Crippen molar-refractivity contribution in [3.63, 3.8) is 0 Å². The number of carbonyl (C=O) groups is 4. The predicted molar refractivity (Wildman–Crippen MR) is 266 cm³/mol. The zero-order valence-corrected chi connectivity index (χ0v) is 42.9. The summed E-state index contributed by atoms with van der Waals surface area (Å²) in [7, 11) is 5.12. The molecule has 0 fully saturated rings. The molecule has 18 heteroatoms. The van der Waals surface area contributed by atoms with Gasteiger partial charge in [0, 0.05) is 0 Å². The van der Waals surface area contributed by atoms with E-state index in [0.717, 1.165) is 144 Å². The number of methoxy groups -OCH3 is 4. The molecular formula is C46H60O12S6. The Morgan fingerprint density at radius 1 is 0.391 bits per heavy atom. The summed E-state index contributed by atoms with van der Waals surface area (Å²) in [5.41, 5.74) is 0. The highest BCUT2D eigenvalue weighted by molar-refractivity contribution is 8.30. The van der Waals surface area contributed by atoms with Gasteiger partial charge in [-0.2, -0.15) is 0 Å². The second-order valence-electron chi connectivity index (χ2n) is 14.2. The smallest absolute Gasteiger partial charge is 0.346 e. The first kappa shape index (κ1) is 53.2. The molecule has 0 aromatic carbocycles. The first-order valence-electron chi connectivity index (χ1n) is 21.6. The Morgan fingerprint density at radius 2 is 0.641 bits per heavy atom. The van der Waals surface area contributed by atoms with Crippen molar-refractivity contribution >= 4 is 118 Å². The summed E-state index contributed by atoms with van der Waals surface area (Å²) in [5, 5.41) is 0. The minimum absolute atomic E-state index is 0.166. The third-order valence-corrected chi connectivity index (χ3v) is 16.3. The number of esters is 4. The van der Waals surface area contributed by atoms with E-state index in [1.807, 2.05) is 24.3 Å². The largest absolute Gasteiger partial charge is 0.488 e. The van der Waals surface area contributed by atoms with Crippen LogP contribution in [0.25, 0.3) is 24.3 Å². The van der Waals surface area contributed by atoms with E-state index in [0.29, 0.717) is 57.9 Å². The maximum Gasteiger partial charge on any atom is 0.346 e. The molecule has 0 aliphatic carbocycles. The van der Waals surface area contributed by atoms with Gasteiger partial charge < -0.3 is 37.9 Å². The number of thiophene rings is 2.